The van der Waals surface area contributed by atoms with Crippen LogP contribution in [0.4, 0.5) is 0 Å². The molecule has 6 atom stereocenters. The fourth-order valence-electron chi connectivity index (χ4n) is 6.88. The molecule has 6 nitrogen and oxygen atoms in total. The van der Waals surface area contributed by atoms with E-state index < -0.39 is 46.1 Å². The van der Waals surface area contributed by atoms with Crippen LogP contribution in [0.5, 0.6) is 0 Å². The molecule has 5 N–H and O–H groups in total. The zero-order valence-corrected chi connectivity index (χ0v) is 13.9. The maximum atomic E-state index is 11.1. The summed E-state index contributed by atoms with van der Waals surface area (Å²) in [5, 5.41) is 54.6. The lowest BCUT2D eigenvalue weighted by Gasteiger charge is -2.36. The van der Waals surface area contributed by atoms with Crippen LogP contribution in [0.3, 0.4) is 0 Å². The highest BCUT2D eigenvalue weighted by atomic mass is 16.7. The van der Waals surface area contributed by atoms with Gasteiger partial charge in [0.1, 0.15) is 17.8 Å². The molecule has 1 saturated heterocycles. The summed E-state index contributed by atoms with van der Waals surface area (Å²) in [4.78, 5) is 0. The third kappa shape index (κ3) is 1.31. The van der Waals surface area contributed by atoms with Gasteiger partial charge in [0.15, 0.2) is 5.60 Å². The predicted molar refractivity (Wildman–Crippen MR) is 82.8 cm³/mol. The molecular weight excluding hydrogens is 312 g/mol. The Bertz CT molecular complexity index is 568. The van der Waals surface area contributed by atoms with E-state index in [2.05, 4.69) is 0 Å². The van der Waals surface area contributed by atoms with Crippen molar-refractivity contribution >= 4 is 0 Å². The SMILES string of the molecule is OC1C2(CCCCC2)[C@]1(O)[C@H]1OC2(O)C3(CCCCC3)[C@@]2(O)[C@H]1O. The number of aliphatic hydroxyl groups excluding tert-OH is 2. The fourth-order valence-corrected chi connectivity index (χ4v) is 6.88. The van der Waals surface area contributed by atoms with E-state index in [0.717, 1.165) is 38.5 Å². The van der Waals surface area contributed by atoms with Gasteiger partial charge in [0.05, 0.1) is 11.5 Å². The molecule has 24 heavy (non-hydrogen) atoms. The van der Waals surface area contributed by atoms with Gasteiger partial charge in [-0.25, -0.2) is 0 Å². The van der Waals surface area contributed by atoms with Gasteiger partial charge in [-0.3, -0.25) is 0 Å². The Morgan fingerprint density at radius 2 is 1.29 bits per heavy atom. The zero-order chi connectivity index (χ0) is 17.0. The Morgan fingerprint density at radius 3 is 1.79 bits per heavy atom. The number of ether oxygens (including phenoxy) is 1. The molecule has 5 aliphatic rings. The van der Waals surface area contributed by atoms with Crippen molar-refractivity contribution in [3.8, 4) is 0 Å². The molecule has 136 valence electrons. The number of hydrogen-bond donors (Lipinski definition) is 5. The number of hydrogen-bond acceptors (Lipinski definition) is 6. The summed E-state index contributed by atoms with van der Waals surface area (Å²) < 4.78 is 5.80. The van der Waals surface area contributed by atoms with Gasteiger partial charge >= 0.3 is 0 Å². The van der Waals surface area contributed by atoms with Gasteiger partial charge in [-0.1, -0.05) is 38.5 Å². The maximum Gasteiger partial charge on any atom is 0.207 e. The Balaban J connectivity index is 1.46. The minimum absolute atomic E-state index is 0.621. The van der Waals surface area contributed by atoms with E-state index in [-0.39, 0.29) is 0 Å². The lowest BCUT2D eigenvalue weighted by molar-refractivity contribution is -0.217. The van der Waals surface area contributed by atoms with E-state index in [4.69, 9.17) is 4.74 Å². The number of aliphatic hydroxyl groups is 5. The van der Waals surface area contributed by atoms with Crippen molar-refractivity contribution in [2.24, 2.45) is 10.8 Å². The minimum atomic E-state index is -1.79. The van der Waals surface area contributed by atoms with Crippen LogP contribution in [0.15, 0.2) is 0 Å². The topological polar surface area (TPSA) is 110 Å². The molecule has 4 saturated carbocycles. The Hall–Kier alpha value is -0.240. The molecule has 0 aromatic carbocycles. The highest BCUT2D eigenvalue weighted by molar-refractivity contribution is 5.42. The summed E-state index contributed by atoms with van der Waals surface area (Å²) in [7, 11) is 0. The van der Waals surface area contributed by atoms with Crippen molar-refractivity contribution in [1.82, 2.24) is 0 Å². The first-order valence-electron chi connectivity index (χ1n) is 9.53. The van der Waals surface area contributed by atoms with Gasteiger partial charge in [0, 0.05) is 5.41 Å². The van der Waals surface area contributed by atoms with Crippen LogP contribution >= 0.6 is 0 Å². The lowest BCUT2D eigenvalue weighted by Crippen LogP contribution is -2.51. The maximum absolute atomic E-state index is 11.1. The van der Waals surface area contributed by atoms with E-state index in [1.165, 1.54) is 0 Å². The second-order valence-corrected chi connectivity index (χ2v) is 8.98. The molecule has 0 aromatic rings. The lowest BCUT2D eigenvalue weighted by atomic mass is 9.77. The molecule has 0 amide bonds. The monoisotopic (exact) mass is 340 g/mol. The van der Waals surface area contributed by atoms with Gasteiger partial charge in [-0.05, 0) is 25.7 Å². The third-order valence-corrected chi connectivity index (χ3v) is 8.39. The quantitative estimate of drug-likeness (QED) is 0.466. The summed E-state index contributed by atoms with van der Waals surface area (Å²) >= 11 is 0. The van der Waals surface area contributed by atoms with Crippen LogP contribution in [0, 0.1) is 10.8 Å². The van der Waals surface area contributed by atoms with Crippen LogP contribution in [-0.4, -0.2) is 60.8 Å². The molecule has 5 rings (SSSR count). The second-order valence-electron chi connectivity index (χ2n) is 8.98. The Morgan fingerprint density at radius 1 is 0.750 bits per heavy atom. The second kappa shape index (κ2) is 4.35. The molecular formula is C18H28O6. The van der Waals surface area contributed by atoms with Crippen LogP contribution in [-0.2, 0) is 4.74 Å². The average Bonchev–Trinajstić information content (AvgIpc) is 3.15. The molecule has 1 aliphatic heterocycles. The highest BCUT2D eigenvalue weighted by Crippen LogP contribution is 2.80. The Kier molecular flexibility index (Phi) is 2.90. The van der Waals surface area contributed by atoms with Crippen molar-refractivity contribution in [1.29, 1.82) is 0 Å². The van der Waals surface area contributed by atoms with Crippen LogP contribution in [0.1, 0.15) is 64.2 Å². The summed E-state index contributed by atoms with van der Waals surface area (Å²) in [5.41, 5.74) is -4.76. The number of fused-ring (bicyclic) bond motifs is 3. The molecule has 2 unspecified atom stereocenters. The molecule has 1 heterocycles. The van der Waals surface area contributed by atoms with Crippen LogP contribution < -0.4 is 0 Å². The van der Waals surface area contributed by atoms with Gasteiger partial charge in [0.25, 0.3) is 0 Å². The molecule has 0 aromatic heterocycles. The molecule has 6 heteroatoms. The van der Waals surface area contributed by atoms with E-state index >= 15 is 0 Å². The van der Waals surface area contributed by atoms with E-state index in [0.29, 0.717) is 25.7 Å². The summed E-state index contributed by atoms with van der Waals surface area (Å²) in [5.74, 6) is -1.79. The molecule has 0 bridgehead atoms. The van der Waals surface area contributed by atoms with Gasteiger partial charge in [-0.15, -0.1) is 0 Å². The first-order valence-corrected chi connectivity index (χ1v) is 9.53. The first-order chi connectivity index (χ1) is 11.3. The largest absolute Gasteiger partial charge is 0.389 e. The minimum Gasteiger partial charge on any atom is -0.389 e. The smallest absolute Gasteiger partial charge is 0.207 e. The van der Waals surface area contributed by atoms with Crippen LogP contribution in [0.2, 0.25) is 0 Å². The standard InChI is InChI=1S/C18H28O6/c19-11-12(16(21)13(20)14(16)7-3-1-4-8-14)24-18(23)15(17(11,18)22)9-5-2-6-10-15/h11-13,19-23H,1-10H2/t11-,12-,13?,16-,17-,18?/m0/s1. The van der Waals surface area contributed by atoms with Crippen molar-refractivity contribution in [2.45, 2.75) is 99.5 Å². The fraction of sp³-hybridized carbons (Fsp3) is 1.00. The van der Waals surface area contributed by atoms with E-state index in [9.17, 15) is 25.5 Å². The van der Waals surface area contributed by atoms with Crippen LogP contribution in [0.25, 0.3) is 0 Å². The normalized spacial score (nSPS) is 57.1. The van der Waals surface area contributed by atoms with E-state index in [1.807, 2.05) is 0 Å². The van der Waals surface area contributed by atoms with Gasteiger partial charge < -0.3 is 30.3 Å². The Labute approximate surface area is 141 Å². The van der Waals surface area contributed by atoms with Gasteiger partial charge in [0.2, 0.25) is 5.79 Å². The van der Waals surface area contributed by atoms with E-state index in [1.54, 1.807) is 0 Å². The predicted octanol–water partition coefficient (Wildman–Crippen LogP) is 0.186. The molecule has 4 aliphatic carbocycles. The van der Waals surface area contributed by atoms with Crippen molar-refractivity contribution < 1.29 is 30.3 Å². The van der Waals surface area contributed by atoms with Gasteiger partial charge in [-0.2, -0.15) is 0 Å². The summed E-state index contributed by atoms with van der Waals surface area (Å²) in [6.45, 7) is 0. The first kappa shape index (κ1) is 16.0. The zero-order valence-electron chi connectivity index (χ0n) is 13.9. The van der Waals surface area contributed by atoms with Crippen molar-refractivity contribution in [3.05, 3.63) is 0 Å². The third-order valence-electron chi connectivity index (χ3n) is 8.39. The molecule has 0 radical (unpaired) electrons. The highest BCUT2D eigenvalue weighted by Gasteiger charge is 2.98. The average molecular weight is 340 g/mol. The summed E-state index contributed by atoms with van der Waals surface area (Å²) in [6, 6.07) is 0. The molecule has 2 spiro atoms. The number of rotatable bonds is 1. The molecule has 5 fully saturated rings. The van der Waals surface area contributed by atoms with Crippen molar-refractivity contribution in [3.63, 3.8) is 0 Å². The summed E-state index contributed by atoms with van der Waals surface area (Å²) in [6.07, 6.45) is 4.94. The van der Waals surface area contributed by atoms with Crippen molar-refractivity contribution in [2.75, 3.05) is 0 Å².